The van der Waals surface area contributed by atoms with E-state index in [4.69, 9.17) is 4.74 Å². The number of carbonyl (C=O) groups excluding carboxylic acids is 1. The van der Waals surface area contributed by atoms with Gasteiger partial charge >= 0.3 is 11.9 Å². The summed E-state index contributed by atoms with van der Waals surface area (Å²) in [6, 6.07) is 5.24. The van der Waals surface area contributed by atoms with Crippen LogP contribution in [0, 0.1) is 5.82 Å². The van der Waals surface area contributed by atoms with Crippen molar-refractivity contribution < 1.29 is 23.8 Å². The molecule has 5 nitrogen and oxygen atoms in total. The summed E-state index contributed by atoms with van der Waals surface area (Å²) in [5, 5.41) is 9.68. The highest BCUT2D eigenvalue weighted by atomic mass is 19.1. The highest BCUT2D eigenvalue weighted by Gasteiger charge is 2.32. The first-order chi connectivity index (χ1) is 10.4. The monoisotopic (exact) mass is 305 g/mol. The number of carbonyl (C=O) groups is 2. The molecule has 0 saturated heterocycles. The van der Waals surface area contributed by atoms with E-state index >= 15 is 0 Å². The first-order valence-corrected chi connectivity index (χ1v) is 6.91. The van der Waals surface area contributed by atoms with Crippen LogP contribution in [0.2, 0.25) is 0 Å². The molecule has 2 aromatic rings. The normalized spacial score (nSPS) is 13.6. The Kier molecular flexibility index (Phi) is 4.70. The second-order valence-corrected chi connectivity index (χ2v) is 4.99. The number of rotatable bonds is 5. The lowest BCUT2D eigenvalue weighted by molar-refractivity contribution is -0.157. The third-order valence-corrected chi connectivity index (χ3v) is 3.42. The van der Waals surface area contributed by atoms with Gasteiger partial charge in [0.25, 0.3) is 0 Å². The molecular formula is C16H16FNO4. The maximum absolute atomic E-state index is 13.5. The van der Waals surface area contributed by atoms with E-state index in [0.717, 1.165) is 0 Å². The van der Waals surface area contributed by atoms with Crippen LogP contribution in [0.1, 0.15) is 31.7 Å². The van der Waals surface area contributed by atoms with Crippen LogP contribution in [0.25, 0.3) is 10.9 Å². The molecule has 1 aromatic carbocycles. The summed E-state index contributed by atoms with van der Waals surface area (Å²) in [7, 11) is 0. The quantitative estimate of drug-likeness (QED) is 0.679. The first kappa shape index (κ1) is 15.9. The van der Waals surface area contributed by atoms with Gasteiger partial charge in [-0.2, -0.15) is 0 Å². The molecule has 0 radical (unpaired) electrons. The predicted octanol–water partition coefficient (Wildman–Crippen LogP) is 2.88. The van der Waals surface area contributed by atoms with Gasteiger partial charge < -0.3 is 9.84 Å². The molecule has 2 atom stereocenters. The Morgan fingerprint density at radius 2 is 2.09 bits per heavy atom. The van der Waals surface area contributed by atoms with E-state index in [9.17, 15) is 19.1 Å². The van der Waals surface area contributed by atoms with Crippen LogP contribution in [-0.4, -0.2) is 28.1 Å². The minimum atomic E-state index is -1.51. The molecule has 0 aliphatic carbocycles. The van der Waals surface area contributed by atoms with E-state index in [0.29, 0.717) is 11.9 Å². The predicted molar refractivity (Wildman–Crippen MR) is 77.9 cm³/mol. The molecular weight excluding hydrogens is 289 g/mol. The highest BCUT2D eigenvalue weighted by molar-refractivity contribution is 6.03. The van der Waals surface area contributed by atoms with Crippen LogP contribution < -0.4 is 0 Å². The van der Waals surface area contributed by atoms with Crippen LogP contribution >= 0.6 is 0 Å². The summed E-state index contributed by atoms with van der Waals surface area (Å²) in [4.78, 5) is 27.7. The molecule has 0 bridgehead atoms. The third-order valence-electron chi connectivity index (χ3n) is 3.42. The Bertz CT molecular complexity index is 716. The summed E-state index contributed by atoms with van der Waals surface area (Å²) in [6.07, 6.45) is 1.57. The largest absolute Gasteiger partial charge is 0.480 e. The van der Waals surface area contributed by atoms with Crippen molar-refractivity contribution in [1.29, 1.82) is 0 Å². The zero-order valence-corrected chi connectivity index (χ0v) is 12.2. The number of carboxylic acid groups (broad SMARTS) is 1. The lowest BCUT2D eigenvalue weighted by Gasteiger charge is -2.17. The van der Waals surface area contributed by atoms with Gasteiger partial charge in [0.1, 0.15) is 5.82 Å². The summed E-state index contributed by atoms with van der Waals surface area (Å²) < 4.78 is 18.6. The van der Waals surface area contributed by atoms with Crippen LogP contribution in [0.4, 0.5) is 4.39 Å². The molecule has 2 rings (SSSR count). The number of fused-ring (bicyclic) bond motifs is 1. The highest BCUT2D eigenvalue weighted by Crippen LogP contribution is 2.27. The SMILES string of the molecule is CCC(C)OC(=O)C(C(=O)O)c1ccnc2ccc(F)cc12. The fourth-order valence-electron chi connectivity index (χ4n) is 2.10. The Morgan fingerprint density at radius 1 is 1.36 bits per heavy atom. The van der Waals surface area contributed by atoms with Crippen LogP contribution in [0.3, 0.4) is 0 Å². The zero-order valence-electron chi connectivity index (χ0n) is 12.2. The molecule has 0 saturated carbocycles. The van der Waals surface area contributed by atoms with Gasteiger partial charge in [-0.05, 0) is 43.2 Å². The van der Waals surface area contributed by atoms with E-state index in [-0.39, 0.29) is 17.1 Å². The van der Waals surface area contributed by atoms with Crippen LogP contribution in [0.5, 0.6) is 0 Å². The van der Waals surface area contributed by atoms with Crippen molar-refractivity contribution >= 4 is 22.8 Å². The number of esters is 1. The van der Waals surface area contributed by atoms with Gasteiger partial charge in [0.2, 0.25) is 0 Å². The van der Waals surface area contributed by atoms with Crippen LogP contribution in [-0.2, 0) is 14.3 Å². The maximum atomic E-state index is 13.5. The summed E-state index contributed by atoms with van der Waals surface area (Å²) in [5.41, 5.74) is 0.590. The molecule has 1 heterocycles. The molecule has 1 aromatic heterocycles. The van der Waals surface area contributed by atoms with E-state index in [2.05, 4.69) is 4.98 Å². The van der Waals surface area contributed by atoms with Gasteiger partial charge in [-0.15, -0.1) is 0 Å². The Morgan fingerprint density at radius 3 is 2.73 bits per heavy atom. The van der Waals surface area contributed by atoms with Crippen molar-refractivity contribution in [2.75, 3.05) is 0 Å². The molecule has 0 aliphatic heterocycles. The minimum Gasteiger partial charge on any atom is -0.480 e. The third kappa shape index (κ3) is 3.21. The Balaban J connectivity index is 2.51. The molecule has 6 heteroatoms. The van der Waals surface area contributed by atoms with Gasteiger partial charge in [-0.25, -0.2) is 4.39 Å². The van der Waals surface area contributed by atoms with Gasteiger partial charge in [0.05, 0.1) is 11.6 Å². The lowest BCUT2D eigenvalue weighted by Crippen LogP contribution is -2.27. The average Bonchev–Trinajstić information content (AvgIpc) is 2.47. The van der Waals surface area contributed by atoms with Crippen molar-refractivity contribution in [3.05, 3.63) is 41.8 Å². The van der Waals surface area contributed by atoms with Gasteiger partial charge in [0, 0.05) is 11.6 Å². The van der Waals surface area contributed by atoms with E-state index in [1.165, 1.54) is 30.5 Å². The molecule has 1 N–H and O–H groups in total. The van der Waals surface area contributed by atoms with Crippen LogP contribution in [0.15, 0.2) is 30.5 Å². The number of ether oxygens (including phenoxy) is 1. The number of nitrogens with zero attached hydrogens (tertiary/aromatic N) is 1. The Hall–Kier alpha value is -2.50. The standard InChI is InChI=1S/C16H16FNO4/c1-3-9(2)22-16(21)14(15(19)20)11-6-7-18-13-5-4-10(17)8-12(11)13/h4-9,14H,3H2,1-2H3,(H,19,20). The second-order valence-electron chi connectivity index (χ2n) is 4.99. The number of halogens is 1. The van der Waals surface area contributed by atoms with Gasteiger partial charge in [-0.1, -0.05) is 6.92 Å². The molecule has 0 fully saturated rings. The van der Waals surface area contributed by atoms with E-state index < -0.39 is 23.7 Å². The molecule has 0 aliphatic rings. The van der Waals surface area contributed by atoms with Gasteiger partial charge in [0.15, 0.2) is 5.92 Å². The molecule has 0 amide bonds. The smallest absolute Gasteiger partial charge is 0.325 e. The molecule has 22 heavy (non-hydrogen) atoms. The molecule has 0 spiro atoms. The van der Waals surface area contributed by atoms with Crippen molar-refractivity contribution in [1.82, 2.24) is 4.98 Å². The number of carboxylic acids is 1. The number of aliphatic carboxylic acids is 1. The number of hydrogen-bond donors (Lipinski definition) is 1. The first-order valence-electron chi connectivity index (χ1n) is 6.91. The fraction of sp³-hybridized carbons (Fsp3) is 0.312. The van der Waals surface area contributed by atoms with Crippen molar-refractivity contribution in [2.45, 2.75) is 32.3 Å². The van der Waals surface area contributed by atoms with Crippen molar-refractivity contribution in [3.8, 4) is 0 Å². The maximum Gasteiger partial charge on any atom is 0.325 e. The summed E-state index contributed by atoms with van der Waals surface area (Å²) >= 11 is 0. The van der Waals surface area contributed by atoms with Crippen molar-refractivity contribution in [2.24, 2.45) is 0 Å². The summed E-state index contributed by atoms with van der Waals surface area (Å²) in [6.45, 7) is 3.51. The average molecular weight is 305 g/mol. The molecule has 116 valence electrons. The minimum absolute atomic E-state index is 0.172. The van der Waals surface area contributed by atoms with E-state index in [1.54, 1.807) is 6.92 Å². The number of hydrogen-bond acceptors (Lipinski definition) is 4. The number of benzene rings is 1. The lowest BCUT2D eigenvalue weighted by atomic mass is 9.95. The summed E-state index contributed by atoms with van der Waals surface area (Å²) in [5.74, 6) is -4.24. The van der Waals surface area contributed by atoms with Crippen molar-refractivity contribution in [3.63, 3.8) is 0 Å². The van der Waals surface area contributed by atoms with E-state index in [1.807, 2.05) is 6.92 Å². The molecule has 2 unspecified atom stereocenters. The Labute approximate surface area is 126 Å². The number of pyridine rings is 1. The van der Waals surface area contributed by atoms with Gasteiger partial charge in [-0.3, -0.25) is 14.6 Å². The topological polar surface area (TPSA) is 76.5 Å². The fourth-order valence-corrected chi connectivity index (χ4v) is 2.10. The number of aromatic nitrogens is 1. The second kappa shape index (κ2) is 6.51. The zero-order chi connectivity index (χ0) is 16.3.